The fourth-order valence-electron chi connectivity index (χ4n) is 3.45. The molecule has 98 valence electrons. The quantitative estimate of drug-likeness (QED) is 0.878. The third kappa shape index (κ3) is 2.39. The van der Waals surface area contributed by atoms with Crippen molar-refractivity contribution >= 4 is 0 Å². The molecule has 2 nitrogen and oxygen atoms in total. The van der Waals surface area contributed by atoms with E-state index in [0.717, 1.165) is 11.8 Å². The zero-order valence-electron chi connectivity index (χ0n) is 11.2. The number of benzene rings is 1. The highest BCUT2D eigenvalue weighted by Gasteiger charge is 2.24. The lowest BCUT2D eigenvalue weighted by atomic mass is 9.87. The summed E-state index contributed by atoms with van der Waals surface area (Å²) in [6.45, 7) is 0. The molecule has 2 aliphatic carbocycles. The first-order valence-electron chi connectivity index (χ1n) is 7.29. The molecule has 1 unspecified atom stereocenters. The number of ether oxygens (including phenoxy) is 1. The molecule has 0 heterocycles. The normalized spacial score (nSPS) is 23.9. The molecule has 0 amide bonds. The van der Waals surface area contributed by atoms with Crippen molar-refractivity contribution in [2.45, 2.75) is 57.0 Å². The van der Waals surface area contributed by atoms with E-state index < -0.39 is 0 Å². The first kappa shape index (κ1) is 12.0. The second kappa shape index (κ2) is 5.31. The van der Waals surface area contributed by atoms with Gasteiger partial charge in [0.05, 0.1) is 7.11 Å². The lowest BCUT2D eigenvalue weighted by molar-refractivity contribution is 0.388. The van der Waals surface area contributed by atoms with Crippen LogP contribution in [0.5, 0.6) is 5.75 Å². The summed E-state index contributed by atoms with van der Waals surface area (Å²) in [5.74, 6) is 0.994. The van der Waals surface area contributed by atoms with E-state index >= 15 is 0 Å². The van der Waals surface area contributed by atoms with Gasteiger partial charge >= 0.3 is 0 Å². The van der Waals surface area contributed by atoms with Crippen LogP contribution in [0.15, 0.2) is 18.2 Å². The zero-order chi connectivity index (χ0) is 12.4. The van der Waals surface area contributed by atoms with Crippen molar-refractivity contribution in [3.8, 4) is 5.75 Å². The Kier molecular flexibility index (Phi) is 3.55. The first-order valence-corrected chi connectivity index (χ1v) is 7.29. The van der Waals surface area contributed by atoms with E-state index in [1.165, 1.54) is 56.1 Å². The average molecular weight is 245 g/mol. The van der Waals surface area contributed by atoms with Gasteiger partial charge in [0.1, 0.15) is 5.75 Å². The Morgan fingerprint density at radius 1 is 1.11 bits per heavy atom. The predicted octanol–water partition coefficient (Wildman–Crippen LogP) is 3.60. The number of hydrogen-bond donors (Lipinski definition) is 1. The van der Waals surface area contributed by atoms with Crippen LogP contribution in [0.4, 0.5) is 0 Å². The van der Waals surface area contributed by atoms with Gasteiger partial charge in [-0.1, -0.05) is 18.9 Å². The molecule has 0 aromatic heterocycles. The molecule has 1 saturated carbocycles. The van der Waals surface area contributed by atoms with Crippen LogP contribution < -0.4 is 10.1 Å². The van der Waals surface area contributed by atoms with E-state index in [-0.39, 0.29) is 0 Å². The van der Waals surface area contributed by atoms with Crippen LogP contribution in [0.25, 0.3) is 0 Å². The highest BCUT2D eigenvalue weighted by molar-refractivity contribution is 5.39. The standard InChI is InChI=1S/C16H23NO/c1-18-14-10-9-12-5-4-8-16(15(12)11-14)17-13-6-2-3-7-13/h9-11,13,16-17H,2-8H2,1H3. The molecular weight excluding hydrogens is 222 g/mol. The topological polar surface area (TPSA) is 21.3 Å². The van der Waals surface area contributed by atoms with Crippen molar-refractivity contribution in [3.63, 3.8) is 0 Å². The molecule has 1 aromatic carbocycles. The molecule has 0 aliphatic heterocycles. The number of fused-ring (bicyclic) bond motifs is 1. The van der Waals surface area contributed by atoms with Crippen LogP contribution >= 0.6 is 0 Å². The van der Waals surface area contributed by atoms with E-state index in [4.69, 9.17) is 4.74 Å². The SMILES string of the molecule is COc1ccc2c(c1)C(NC1CCCC1)CCC2. The summed E-state index contributed by atoms with van der Waals surface area (Å²) in [4.78, 5) is 0. The minimum absolute atomic E-state index is 0.548. The van der Waals surface area contributed by atoms with E-state index in [1.54, 1.807) is 7.11 Å². The molecule has 1 N–H and O–H groups in total. The zero-order valence-corrected chi connectivity index (χ0v) is 11.2. The van der Waals surface area contributed by atoms with Gasteiger partial charge in [-0.25, -0.2) is 0 Å². The molecule has 2 heteroatoms. The molecule has 1 atom stereocenters. The fourth-order valence-corrected chi connectivity index (χ4v) is 3.45. The van der Waals surface area contributed by atoms with Gasteiger partial charge in [-0.3, -0.25) is 0 Å². The van der Waals surface area contributed by atoms with Gasteiger partial charge < -0.3 is 10.1 Å². The fraction of sp³-hybridized carbons (Fsp3) is 0.625. The Bertz CT molecular complexity index is 410. The van der Waals surface area contributed by atoms with Gasteiger partial charge in [0.2, 0.25) is 0 Å². The number of methoxy groups -OCH3 is 1. The summed E-state index contributed by atoms with van der Waals surface area (Å²) < 4.78 is 5.37. The Labute approximate surface area is 110 Å². The molecule has 18 heavy (non-hydrogen) atoms. The molecule has 0 spiro atoms. The van der Waals surface area contributed by atoms with Gasteiger partial charge in [-0.15, -0.1) is 0 Å². The number of hydrogen-bond acceptors (Lipinski definition) is 2. The van der Waals surface area contributed by atoms with Crippen molar-refractivity contribution in [1.29, 1.82) is 0 Å². The van der Waals surface area contributed by atoms with Crippen LogP contribution in [-0.2, 0) is 6.42 Å². The summed E-state index contributed by atoms with van der Waals surface area (Å²) in [6.07, 6.45) is 9.32. The van der Waals surface area contributed by atoms with Crippen molar-refractivity contribution in [3.05, 3.63) is 29.3 Å². The van der Waals surface area contributed by atoms with Gasteiger partial charge in [0.25, 0.3) is 0 Å². The molecule has 0 radical (unpaired) electrons. The first-order chi connectivity index (χ1) is 8.86. The summed E-state index contributed by atoms with van der Waals surface area (Å²) in [5, 5.41) is 3.87. The molecule has 0 bridgehead atoms. The highest BCUT2D eigenvalue weighted by Crippen LogP contribution is 2.34. The monoisotopic (exact) mass is 245 g/mol. The van der Waals surface area contributed by atoms with Gasteiger partial charge in [-0.2, -0.15) is 0 Å². The second-order valence-electron chi connectivity index (χ2n) is 5.66. The number of aryl methyl sites for hydroxylation is 1. The van der Waals surface area contributed by atoms with Crippen LogP contribution in [0, 0.1) is 0 Å². The number of rotatable bonds is 3. The van der Waals surface area contributed by atoms with Crippen LogP contribution in [0.2, 0.25) is 0 Å². The predicted molar refractivity (Wildman–Crippen MR) is 74.1 cm³/mol. The Hall–Kier alpha value is -1.02. The van der Waals surface area contributed by atoms with E-state index in [0.29, 0.717) is 6.04 Å². The Balaban J connectivity index is 1.80. The van der Waals surface area contributed by atoms with Crippen molar-refractivity contribution in [2.24, 2.45) is 0 Å². The lowest BCUT2D eigenvalue weighted by Gasteiger charge is -2.29. The van der Waals surface area contributed by atoms with Crippen molar-refractivity contribution in [1.82, 2.24) is 5.32 Å². The molecule has 1 fully saturated rings. The Morgan fingerprint density at radius 3 is 2.72 bits per heavy atom. The summed E-state index contributed by atoms with van der Waals surface area (Å²) in [7, 11) is 1.75. The average Bonchev–Trinajstić information content (AvgIpc) is 2.91. The Morgan fingerprint density at radius 2 is 1.94 bits per heavy atom. The molecular formula is C16H23NO. The smallest absolute Gasteiger partial charge is 0.119 e. The van der Waals surface area contributed by atoms with Gasteiger partial charge in [0, 0.05) is 12.1 Å². The van der Waals surface area contributed by atoms with E-state index in [2.05, 4.69) is 23.5 Å². The second-order valence-corrected chi connectivity index (χ2v) is 5.66. The molecule has 1 aromatic rings. The van der Waals surface area contributed by atoms with E-state index in [9.17, 15) is 0 Å². The molecule has 2 aliphatic rings. The van der Waals surface area contributed by atoms with Crippen LogP contribution in [0.1, 0.15) is 55.7 Å². The maximum atomic E-state index is 5.37. The number of nitrogens with one attached hydrogen (secondary N) is 1. The summed E-state index contributed by atoms with van der Waals surface area (Å²) in [5.41, 5.74) is 2.99. The minimum Gasteiger partial charge on any atom is -0.497 e. The third-order valence-corrected chi connectivity index (χ3v) is 4.46. The summed E-state index contributed by atoms with van der Waals surface area (Å²) >= 11 is 0. The van der Waals surface area contributed by atoms with Crippen LogP contribution in [-0.4, -0.2) is 13.2 Å². The maximum absolute atomic E-state index is 5.37. The minimum atomic E-state index is 0.548. The van der Waals surface area contributed by atoms with Crippen molar-refractivity contribution in [2.75, 3.05) is 7.11 Å². The maximum Gasteiger partial charge on any atom is 0.119 e. The van der Waals surface area contributed by atoms with Gasteiger partial charge in [-0.05, 0) is 55.4 Å². The highest BCUT2D eigenvalue weighted by atomic mass is 16.5. The lowest BCUT2D eigenvalue weighted by Crippen LogP contribution is -2.32. The largest absolute Gasteiger partial charge is 0.497 e. The molecule has 3 rings (SSSR count). The van der Waals surface area contributed by atoms with Crippen molar-refractivity contribution < 1.29 is 4.74 Å². The van der Waals surface area contributed by atoms with Gasteiger partial charge in [0.15, 0.2) is 0 Å². The van der Waals surface area contributed by atoms with Crippen LogP contribution in [0.3, 0.4) is 0 Å². The van der Waals surface area contributed by atoms with E-state index in [1.807, 2.05) is 0 Å². The third-order valence-electron chi connectivity index (χ3n) is 4.46. The summed E-state index contributed by atoms with van der Waals surface area (Å²) in [6, 6.07) is 7.87. The molecule has 0 saturated heterocycles.